The lowest BCUT2D eigenvalue weighted by Crippen LogP contribution is -1.86. The standard InChI is InChI=1S/C2H6OS3/c1-2-6(3,4)5/h2H2,1H3,(H,3,4,5). The molecule has 0 aromatic carbocycles. The molecule has 0 N–H and O–H groups in total. The Morgan fingerprint density at radius 1 is 2.00 bits per heavy atom. The van der Waals surface area contributed by atoms with Gasteiger partial charge in [-0.25, -0.2) is 4.21 Å². The molecule has 6 heavy (non-hydrogen) atoms. The molecule has 0 bridgehead atoms. The predicted molar refractivity (Wildman–Crippen MR) is 35.0 cm³/mol. The van der Waals surface area contributed by atoms with Gasteiger partial charge in [-0.3, -0.25) is 0 Å². The summed E-state index contributed by atoms with van der Waals surface area (Å²) >= 11 is 7.98. The van der Waals surface area contributed by atoms with Gasteiger partial charge in [-0.05, 0) is 11.2 Å². The van der Waals surface area contributed by atoms with Crippen LogP contribution in [-0.4, -0.2) is 9.96 Å². The summed E-state index contributed by atoms with van der Waals surface area (Å²) in [6.07, 6.45) is 0. The Morgan fingerprint density at radius 3 is 2.17 bits per heavy atom. The Bertz CT molecular complexity index is 111. The first-order chi connectivity index (χ1) is 2.56. The minimum atomic E-state index is -2.13. The summed E-state index contributed by atoms with van der Waals surface area (Å²) in [4.78, 5) is 0. The molecule has 0 rings (SSSR count). The first kappa shape index (κ1) is 6.72. The fourth-order valence-corrected chi connectivity index (χ4v) is 0. The summed E-state index contributed by atoms with van der Waals surface area (Å²) in [6.45, 7) is 1.75. The third-order valence-electron chi connectivity index (χ3n) is 0.365. The minimum absolute atomic E-state index is 0.478. The Labute approximate surface area is 47.6 Å². The monoisotopic (exact) mass is 142 g/mol. The van der Waals surface area contributed by atoms with E-state index in [-0.39, 0.29) is 0 Å². The first-order valence-electron chi connectivity index (χ1n) is 1.51. The largest absolute Gasteiger partial charge is 0.246 e. The van der Waals surface area contributed by atoms with Gasteiger partial charge in [0.2, 0.25) is 0 Å². The summed E-state index contributed by atoms with van der Waals surface area (Å²) < 4.78 is 10.2. The maximum Gasteiger partial charge on any atom is 0.0787 e. The van der Waals surface area contributed by atoms with Crippen molar-refractivity contribution in [1.29, 1.82) is 0 Å². The summed E-state index contributed by atoms with van der Waals surface area (Å²) in [5.74, 6) is 0.478. The van der Waals surface area contributed by atoms with Gasteiger partial charge < -0.3 is 0 Å². The molecular formula is C2H6OS3. The van der Waals surface area contributed by atoms with E-state index >= 15 is 0 Å². The number of rotatable bonds is 1. The van der Waals surface area contributed by atoms with Crippen molar-refractivity contribution in [2.75, 3.05) is 5.75 Å². The quantitative estimate of drug-likeness (QED) is 0.426. The molecule has 1 unspecified atom stereocenters. The van der Waals surface area contributed by atoms with Crippen molar-refractivity contribution < 1.29 is 4.21 Å². The molecule has 1 nitrogen and oxygen atoms in total. The smallest absolute Gasteiger partial charge is 0.0787 e. The van der Waals surface area contributed by atoms with Crippen LogP contribution in [0.2, 0.25) is 0 Å². The Morgan fingerprint density at radius 2 is 2.17 bits per heavy atom. The van der Waals surface area contributed by atoms with Gasteiger partial charge in [0.1, 0.15) is 0 Å². The molecule has 0 fully saturated rings. The molecule has 0 aromatic heterocycles. The first-order valence-corrected chi connectivity index (χ1v) is 5.22. The van der Waals surface area contributed by atoms with Crippen molar-refractivity contribution in [3.8, 4) is 0 Å². The van der Waals surface area contributed by atoms with Crippen molar-refractivity contribution in [2.45, 2.75) is 6.92 Å². The molecule has 4 heteroatoms. The second-order valence-corrected chi connectivity index (χ2v) is 6.74. The molecule has 0 spiro atoms. The molecule has 0 aromatic rings. The van der Waals surface area contributed by atoms with Crippen LogP contribution < -0.4 is 0 Å². The van der Waals surface area contributed by atoms with E-state index in [9.17, 15) is 4.21 Å². The van der Waals surface area contributed by atoms with Crippen molar-refractivity contribution in [2.24, 2.45) is 0 Å². The minimum Gasteiger partial charge on any atom is -0.246 e. The highest BCUT2D eigenvalue weighted by Crippen LogP contribution is 1.92. The van der Waals surface area contributed by atoms with Crippen LogP contribution in [-0.2, 0) is 18.7 Å². The van der Waals surface area contributed by atoms with E-state index in [0.29, 0.717) is 5.75 Å². The van der Waals surface area contributed by atoms with Crippen molar-refractivity contribution in [3.05, 3.63) is 0 Å². The topological polar surface area (TPSA) is 17.1 Å². The summed E-state index contributed by atoms with van der Waals surface area (Å²) in [6, 6.07) is 0. The van der Waals surface area contributed by atoms with Gasteiger partial charge >= 0.3 is 0 Å². The van der Waals surface area contributed by atoms with Gasteiger partial charge in [0.25, 0.3) is 0 Å². The Balaban J connectivity index is 3.85. The van der Waals surface area contributed by atoms with Gasteiger partial charge in [0.15, 0.2) is 0 Å². The van der Waals surface area contributed by atoms with Gasteiger partial charge in [0.05, 0.1) is 7.52 Å². The van der Waals surface area contributed by atoms with E-state index < -0.39 is 7.52 Å². The lowest BCUT2D eigenvalue weighted by atomic mass is 11.0. The molecule has 0 aliphatic heterocycles. The number of thiol groups is 1. The fourth-order valence-electron chi connectivity index (χ4n) is 0. The molecule has 0 saturated carbocycles. The van der Waals surface area contributed by atoms with Crippen LogP contribution in [0.15, 0.2) is 0 Å². The zero-order chi connectivity index (χ0) is 5.21. The predicted octanol–water partition coefficient (Wildman–Crippen LogP) is 0.597. The van der Waals surface area contributed by atoms with Crippen molar-refractivity contribution in [1.82, 2.24) is 0 Å². The Kier molecular flexibility index (Phi) is 2.39. The van der Waals surface area contributed by atoms with Crippen molar-refractivity contribution in [3.63, 3.8) is 0 Å². The van der Waals surface area contributed by atoms with Gasteiger partial charge in [-0.2, -0.15) is 0 Å². The molecule has 0 aliphatic rings. The van der Waals surface area contributed by atoms with Crippen LogP contribution in [0.25, 0.3) is 0 Å². The molecule has 0 amide bonds. The second-order valence-electron chi connectivity index (χ2n) is 0.871. The van der Waals surface area contributed by atoms with E-state index in [1.54, 1.807) is 6.92 Å². The van der Waals surface area contributed by atoms with Gasteiger partial charge in [-0.15, -0.1) is 0 Å². The summed E-state index contributed by atoms with van der Waals surface area (Å²) in [5, 5.41) is 0. The van der Waals surface area contributed by atoms with Crippen LogP contribution in [0.4, 0.5) is 0 Å². The number of hydrogen-bond donors (Lipinski definition) is 1. The van der Waals surface area contributed by atoms with Crippen LogP contribution in [0, 0.1) is 0 Å². The molecule has 0 heterocycles. The van der Waals surface area contributed by atoms with Crippen molar-refractivity contribution >= 4 is 30.4 Å². The Hall–Kier alpha value is 0.720. The molecule has 1 atom stereocenters. The van der Waals surface area contributed by atoms with E-state index in [2.05, 4.69) is 22.8 Å². The highest BCUT2D eigenvalue weighted by atomic mass is 33.3. The molecule has 0 aliphatic carbocycles. The van der Waals surface area contributed by atoms with Gasteiger partial charge in [0, 0.05) is 5.75 Å². The molecular weight excluding hydrogens is 136 g/mol. The van der Waals surface area contributed by atoms with Crippen LogP contribution in [0.3, 0.4) is 0 Å². The van der Waals surface area contributed by atoms with Crippen LogP contribution in [0.5, 0.6) is 0 Å². The van der Waals surface area contributed by atoms with Gasteiger partial charge in [-0.1, -0.05) is 18.6 Å². The fraction of sp³-hybridized carbons (Fsp3) is 1.00. The lowest BCUT2D eigenvalue weighted by Gasteiger charge is -1.84. The molecule has 0 radical (unpaired) electrons. The third-order valence-corrected chi connectivity index (χ3v) is 2.58. The molecule has 0 saturated heterocycles. The normalized spacial score (nSPS) is 19.7. The second kappa shape index (κ2) is 2.14. The zero-order valence-corrected chi connectivity index (χ0v) is 5.91. The maximum atomic E-state index is 10.2. The third kappa shape index (κ3) is 4.72. The molecule has 38 valence electrons. The van der Waals surface area contributed by atoms with Crippen LogP contribution in [0.1, 0.15) is 6.92 Å². The zero-order valence-electron chi connectivity index (χ0n) is 3.38. The van der Waals surface area contributed by atoms with Crippen LogP contribution >= 0.6 is 11.7 Å². The lowest BCUT2D eigenvalue weighted by molar-refractivity contribution is 0.691. The van der Waals surface area contributed by atoms with E-state index in [4.69, 9.17) is 0 Å². The van der Waals surface area contributed by atoms with E-state index in [1.165, 1.54) is 0 Å². The summed E-state index contributed by atoms with van der Waals surface area (Å²) in [7, 11) is -2.13. The summed E-state index contributed by atoms with van der Waals surface area (Å²) in [5.41, 5.74) is 0. The maximum absolute atomic E-state index is 10.2. The van der Waals surface area contributed by atoms with E-state index in [1.807, 2.05) is 0 Å². The average Bonchev–Trinajstić information content (AvgIpc) is 1.35. The highest BCUT2D eigenvalue weighted by Gasteiger charge is 1.86. The van der Waals surface area contributed by atoms with E-state index in [0.717, 1.165) is 0 Å². The average molecular weight is 142 g/mol. The highest BCUT2D eigenvalue weighted by molar-refractivity contribution is 8.79. The number of hydrogen-bond acceptors (Lipinski definition) is 2. The SMILES string of the molecule is CCS(=O)(=S)S.